The minimum absolute atomic E-state index is 0.0184. The molecule has 2 heterocycles. The number of aryl methyl sites for hydroxylation is 1. The highest BCUT2D eigenvalue weighted by atomic mass is 16.1. The van der Waals surface area contributed by atoms with Gasteiger partial charge in [0.1, 0.15) is 0 Å². The van der Waals surface area contributed by atoms with E-state index in [9.17, 15) is 4.79 Å². The van der Waals surface area contributed by atoms with Gasteiger partial charge in [0.05, 0.1) is 11.0 Å². The highest BCUT2D eigenvalue weighted by molar-refractivity contribution is 5.78. The van der Waals surface area contributed by atoms with Crippen molar-refractivity contribution < 1.29 is 0 Å². The van der Waals surface area contributed by atoms with E-state index in [1.54, 1.807) is 0 Å². The number of rotatable bonds is 2. The molecular formula is C14H19N3O. The fourth-order valence-electron chi connectivity index (χ4n) is 2.84. The van der Waals surface area contributed by atoms with E-state index >= 15 is 0 Å². The van der Waals surface area contributed by atoms with Crippen LogP contribution >= 0.6 is 0 Å². The maximum atomic E-state index is 12.1. The molecule has 1 atom stereocenters. The van der Waals surface area contributed by atoms with Crippen LogP contribution in [0.2, 0.25) is 0 Å². The lowest BCUT2D eigenvalue weighted by molar-refractivity contribution is 0.337. The van der Waals surface area contributed by atoms with Gasteiger partial charge in [-0.25, -0.2) is 4.79 Å². The summed E-state index contributed by atoms with van der Waals surface area (Å²) in [4.78, 5) is 15.0. The summed E-state index contributed by atoms with van der Waals surface area (Å²) in [7, 11) is 0. The summed E-state index contributed by atoms with van der Waals surface area (Å²) in [6.45, 7) is 4.98. The molecule has 0 aliphatic carbocycles. The Bertz CT molecular complexity index is 605. The average Bonchev–Trinajstić information content (AvgIpc) is 2.70. The molecule has 2 N–H and O–H groups in total. The summed E-state index contributed by atoms with van der Waals surface area (Å²) in [6, 6.07) is 6.07. The molecule has 0 amide bonds. The normalized spacial score (nSPS) is 20.4. The Balaban J connectivity index is 1.98. The molecule has 1 fully saturated rings. The highest BCUT2D eigenvalue weighted by Gasteiger charge is 2.16. The van der Waals surface area contributed by atoms with Crippen LogP contribution in [0.1, 0.15) is 18.4 Å². The number of benzene rings is 1. The standard InChI is InChI=1S/C14H19N3O/c1-10-4-2-6-12-13(10)16-14(18)17(12)9-11-5-3-7-15-8-11/h2,4,6,11,15H,3,5,7-9H2,1H3,(H,16,18). The van der Waals surface area contributed by atoms with Crippen LogP contribution in [0.3, 0.4) is 0 Å². The Kier molecular flexibility index (Phi) is 2.96. The molecule has 1 saturated heterocycles. The topological polar surface area (TPSA) is 49.8 Å². The summed E-state index contributed by atoms with van der Waals surface area (Å²) in [5, 5.41) is 3.40. The molecule has 4 heteroatoms. The molecule has 1 aromatic heterocycles. The van der Waals surface area contributed by atoms with E-state index in [4.69, 9.17) is 0 Å². The van der Waals surface area contributed by atoms with E-state index in [1.807, 2.05) is 29.7 Å². The van der Waals surface area contributed by atoms with Crippen molar-refractivity contribution in [1.29, 1.82) is 0 Å². The SMILES string of the molecule is Cc1cccc2c1[nH]c(=O)n2CC1CCCNC1. The lowest BCUT2D eigenvalue weighted by atomic mass is 9.99. The minimum Gasteiger partial charge on any atom is -0.316 e. The first-order chi connectivity index (χ1) is 8.75. The number of imidazole rings is 1. The molecule has 1 aliphatic rings. The van der Waals surface area contributed by atoms with E-state index in [2.05, 4.69) is 10.3 Å². The number of hydrogen-bond donors (Lipinski definition) is 2. The van der Waals surface area contributed by atoms with Gasteiger partial charge in [0.2, 0.25) is 0 Å². The lowest BCUT2D eigenvalue weighted by Crippen LogP contribution is -2.34. The van der Waals surface area contributed by atoms with E-state index in [0.29, 0.717) is 5.92 Å². The second-order valence-corrected chi connectivity index (χ2v) is 5.22. The first-order valence-corrected chi connectivity index (χ1v) is 6.64. The Hall–Kier alpha value is -1.55. The third kappa shape index (κ3) is 1.97. The molecule has 0 bridgehead atoms. The fraction of sp³-hybridized carbons (Fsp3) is 0.500. The van der Waals surface area contributed by atoms with Crippen molar-refractivity contribution >= 4 is 11.0 Å². The molecule has 2 aromatic rings. The van der Waals surface area contributed by atoms with Gasteiger partial charge >= 0.3 is 5.69 Å². The zero-order valence-corrected chi connectivity index (χ0v) is 10.7. The summed E-state index contributed by atoms with van der Waals surface area (Å²) in [5.74, 6) is 0.566. The Morgan fingerprint density at radius 1 is 1.44 bits per heavy atom. The van der Waals surface area contributed by atoms with E-state index in [1.165, 1.54) is 12.8 Å². The largest absolute Gasteiger partial charge is 0.326 e. The van der Waals surface area contributed by atoms with Gasteiger partial charge < -0.3 is 10.3 Å². The summed E-state index contributed by atoms with van der Waals surface area (Å²) in [6.07, 6.45) is 2.42. The number of aromatic amines is 1. The third-order valence-corrected chi connectivity index (χ3v) is 3.86. The summed E-state index contributed by atoms with van der Waals surface area (Å²) < 4.78 is 1.89. The van der Waals surface area contributed by atoms with Gasteiger partial charge in [0.25, 0.3) is 0 Å². The number of aromatic nitrogens is 2. The molecule has 4 nitrogen and oxygen atoms in total. The van der Waals surface area contributed by atoms with Gasteiger partial charge in [0.15, 0.2) is 0 Å². The molecule has 96 valence electrons. The van der Waals surface area contributed by atoms with Crippen molar-refractivity contribution in [2.24, 2.45) is 5.92 Å². The first kappa shape index (κ1) is 11.5. The number of fused-ring (bicyclic) bond motifs is 1. The number of para-hydroxylation sites is 1. The van der Waals surface area contributed by atoms with Crippen molar-refractivity contribution in [3.63, 3.8) is 0 Å². The summed E-state index contributed by atoms with van der Waals surface area (Å²) >= 11 is 0. The molecule has 0 saturated carbocycles. The maximum Gasteiger partial charge on any atom is 0.326 e. The Morgan fingerprint density at radius 2 is 2.33 bits per heavy atom. The van der Waals surface area contributed by atoms with Crippen LogP contribution in [0.25, 0.3) is 11.0 Å². The fourth-order valence-corrected chi connectivity index (χ4v) is 2.84. The second kappa shape index (κ2) is 4.61. The smallest absolute Gasteiger partial charge is 0.316 e. The molecular weight excluding hydrogens is 226 g/mol. The van der Waals surface area contributed by atoms with Gasteiger partial charge in [-0.2, -0.15) is 0 Å². The predicted molar refractivity (Wildman–Crippen MR) is 72.9 cm³/mol. The van der Waals surface area contributed by atoms with Crippen molar-refractivity contribution in [2.45, 2.75) is 26.3 Å². The highest BCUT2D eigenvalue weighted by Crippen LogP contribution is 2.18. The van der Waals surface area contributed by atoms with Gasteiger partial charge in [-0.1, -0.05) is 12.1 Å². The number of nitrogens with one attached hydrogen (secondary N) is 2. The Labute approximate surface area is 106 Å². The molecule has 1 unspecified atom stereocenters. The van der Waals surface area contributed by atoms with Crippen molar-refractivity contribution in [2.75, 3.05) is 13.1 Å². The average molecular weight is 245 g/mol. The van der Waals surface area contributed by atoms with Crippen molar-refractivity contribution in [3.05, 3.63) is 34.2 Å². The van der Waals surface area contributed by atoms with Gasteiger partial charge in [-0.05, 0) is 50.4 Å². The molecule has 0 spiro atoms. The second-order valence-electron chi connectivity index (χ2n) is 5.22. The van der Waals surface area contributed by atoms with Crippen LogP contribution in [-0.4, -0.2) is 22.6 Å². The molecule has 18 heavy (non-hydrogen) atoms. The third-order valence-electron chi connectivity index (χ3n) is 3.86. The van der Waals surface area contributed by atoms with E-state index in [0.717, 1.165) is 36.2 Å². The lowest BCUT2D eigenvalue weighted by Gasteiger charge is -2.22. The monoisotopic (exact) mass is 245 g/mol. The van der Waals surface area contributed by atoms with Crippen LogP contribution in [0.5, 0.6) is 0 Å². The van der Waals surface area contributed by atoms with Crippen LogP contribution in [-0.2, 0) is 6.54 Å². The van der Waals surface area contributed by atoms with Crippen LogP contribution in [0.15, 0.2) is 23.0 Å². The van der Waals surface area contributed by atoms with Gasteiger partial charge in [-0.15, -0.1) is 0 Å². The zero-order valence-electron chi connectivity index (χ0n) is 10.7. The van der Waals surface area contributed by atoms with E-state index < -0.39 is 0 Å². The molecule has 3 rings (SSSR count). The van der Waals surface area contributed by atoms with Crippen LogP contribution < -0.4 is 11.0 Å². The molecule has 1 aromatic carbocycles. The van der Waals surface area contributed by atoms with Crippen LogP contribution in [0, 0.1) is 12.8 Å². The van der Waals surface area contributed by atoms with Gasteiger partial charge in [0, 0.05) is 6.54 Å². The predicted octanol–water partition coefficient (Wildman–Crippen LogP) is 1.64. The number of nitrogens with zero attached hydrogens (tertiary/aromatic N) is 1. The zero-order chi connectivity index (χ0) is 12.5. The van der Waals surface area contributed by atoms with E-state index in [-0.39, 0.29) is 5.69 Å². The van der Waals surface area contributed by atoms with Crippen molar-refractivity contribution in [1.82, 2.24) is 14.9 Å². The van der Waals surface area contributed by atoms with Crippen molar-refractivity contribution in [3.8, 4) is 0 Å². The quantitative estimate of drug-likeness (QED) is 0.845. The first-order valence-electron chi connectivity index (χ1n) is 6.64. The summed E-state index contributed by atoms with van der Waals surface area (Å²) in [5.41, 5.74) is 3.16. The maximum absolute atomic E-state index is 12.1. The molecule has 0 radical (unpaired) electrons. The van der Waals surface area contributed by atoms with Crippen LogP contribution in [0.4, 0.5) is 0 Å². The van der Waals surface area contributed by atoms with Gasteiger partial charge in [-0.3, -0.25) is 4.57 Å². The Morgan fingerprint density at radius 3 is 3.11 bits per heavy atom. The number of H-pyrrole nitrogens is 1. The number of piperidine rings is 1. The number of hydrogen-bond acceptors (Lipinski definition) is 2. The minimum atomic E-state index is 0.0184. The molecule has 1 aliphatic heterocycles.